The fourth-order valence-electron chi connectivity index (χ4n) is 2.57. The van der Waals surface area contributed by atoms with Crippen LogP contribution in [0.25, 0.3) is 0 Å². The van der Waals surface area contributed by atoms with E-state index in [0.29, 0.717) is 27.6 Å². The van der Waals surface area contributed by atoms with Crippen molar-refractivity contribution in [2.75, 3.05) is 11.1 Å². The molecule has 0 radical (unpaired) electrons. The molecule has 0 unspecified atom stereocenters. The summed E-state index contributed by atoms with van der Waals surface area (Å²) in [4.78, 5) is 24.7. The van der Waals surface area contributed by atoms with Crippen molar-refractivity contribution in [2.24, 2.45) is 0 Å². The lowest BCUT2D eigenvalue weighted by molar-refractivity contribution is -0.113. The Bertz CT molecular complexity index is 975. The number of benzene rings is 2. The van der Waals surface area contributed by atoms with E-state index in [9.17, 15) is 14.0 Å². The topological polar surface area (TPSA) is 71.3 Å². The van der Waals surface area contributed by atoms with Crippen molar-refractivity contribution in [3.05, 3.63) is 88.6 Å². The molecule has 0 atom stereocenters. The van der Waals surface area contributed by atoms with Gasteiger partial charge in [0.05, 0.1) is 29.8 Å². The third-order valence-corrected chi connectivity index (χ3v) is 5.30. The van der Waals surface area contributed by atoms with Crippen LogP contribution in [0.2, 0.25) is 5.02 Å². The molecular formula is C21H18ClFN2O3S. The highest BCUT2D eigenvalue weighted by Crippen LogP contribution is 2.24. The van der Waals surface area contributed by atoms with Gasteiger partial charge in [-0.2, -0.15) is 0 Å². The van der Waals surface area contributed by atoms with Crippen LogP contribution in [-0.4, -0.2) is 17.6 Å². The zero-order valence-electron chi connectivity index (χ0n) is 15.3. The minimum atomic E-state index is -0.399. The highest BCUT2D eigenvalue weighted by Gasteiger charge is 2.14. The van der Waals surface area contributed by atoms with E-state index in [1.54, 1.807) is 42.5 Å². The normalized spacial score (nSPS) is 10.6. The third kappa shape index (κ3) is 5.85. The van der Waals surface area contributed by atoms with Gasteiger partial charge in [0.15, 0.2) is 0 Å². The maximum absolute atomic E-state index is 13.8. The van der Waals surface area contributed by atoms with Crippen molar-refractivity contribution >= 4 is 40.9 Å². The largest absolute Gasteiger partial charge is 0.467 e. The SMILES string of the molecule is O=C(CSCc1c(F)cccc1Cl)Nc1ccccc1C(=O)NCc1ccco1. The van der Waals surface area contributed by atoms with E-state index < -0.39 is 5.82 Å². The molecule has 5 nitrogen and oxygen atoms in total. The molecule has 0 aliphatic rings. The van der Waals surface area contributed by atoms with Gasteiger partial charge in [0.2, 0.25) is 5.91 Å². The second-order valence-corrected chi connectivity index (χ2v) is 7.44. The molecule has 0 spiro atoms. The van der Waals surface area contributed by atoms with Gasteiger partial charge in [-0.3, -0.25) is 9.59 Å². The Morgan fingerprint density at radius 1 is 1.07 bits per heavy atom. The van der Waals surface area contributed by atoms with E-state index in [1.807, 2.05) is 0 Å². The summed E-state index contributed by atoms with van der Waals surface area (Å²) in [6, 6.07) is 14.7. The number of hydrogen-bond acceptors (Lipinski definition) is 4. The Morgan fingerprint density at radius 2 is 1.90 bits per heavy atom. The lowest BCUT2D eigenvalue weighted by Gasteiger charge is -2.11. The molecule has 150 valence electrons. The molecule has 2 aromatic carbocycles. The number of carbonyl (C=O) groups is 2. The number of thioether (sulfide) groups is 1. The van der Waals surface area contributed by atoms with Gasteiger partial charge in [-0.1, -0.05) is 29.8 Å². The number of carbonyl (C=O) groups excluding carboxylic acids is 2. The molecule has 1 heterocycles. The fraction of sp³-hybridized carbons (Fsp3) is 0.143. The molecule has 0 saturated carbocycles. The second kappa shape index (κ2) is 10.1. The number of nitrogens with one attached hydrogen (secondary N) is 2. The molecule has 3 rings (SSSR count). The maximum Gasteiger partial charge on any atom is 0.253 e. The molecule has 2 N–H and O–H groups in total. The smallest absolute Gasteiger partial charge is 0.253 e. The summed E-state index contributed by atoms with van der Waals surface area (Å²) in [7, 11) is 0. The number of para-hydroxylation sites is 1. The van der Waals surface area contributed by atoms with Gasteiger partial charge in [-0.25, -0.2) is 4.39 Å². The van der Waals surface area contributed by atoms with Crippen molar-refractivity contribution in [3.63, 3.8) is 0 Å². The summed E-state index contributed by atoms with van der Waals surface area (Å²) in [6.07, 6.45) is 1.53. The predicted molar refractivity (Wildman–Crippen MR) is 113 cm³/mol. The average Bonchev–Trinajstić information content (AvgIpc) is 3.22. The molecule has 0 bridgehead atoms. The third-order valence-electron chi connectivity index (χ3n) is 3.99. The molecule has 0 aliphatic heterocycles. The number of furan rings is 1. The van der Waals surface area contributed by atoms with E-state index in [0.717, 1.165) is 0 Å². The van der Waals surface area contributed by atoms with Gasteiger partial charge in [0.25, 0.3) is 5.91 Å². The van der Waals surface area contributed by atoms with Gasteiger partial charge < -0.3 is 15.1 Å². The van der Waals surface area contributed by atoms with Crippen molar-refractivity contribution in [3.8, 4) is 0 Å². The Hall–Kier alpha value is -2.77. The van der Waals surface area contributed by atoms with Crippen molar-refractivity contribution < 1.29 is 18.4 Å². The molecular weight excluding hydrogens is 415 g/mol. The zero-order valence-corrected chi connectivity index (χ0v) is 16.9. The molecule has 2 amide bonds. The lowest BCUT2D eigenvalue weighted by Crippen LogP contribution is -2.25. The van der Waals surface area contributed by atoms with Crippen LogP contribution in [0.15, 0.2) is 65.3 Å². The summed E-state index contributed by atoms with van der Waals surface area (Å²) >= 11 is 7.23. The first-order valence-corrected chi connectivity index (χ1v) is 10.3. The number of halogens is 2. The van der Waals surface area contributed by atoms with E-state index in [-0.39, 0.29) is 29.9 Å². The van der Waals surface area contributed by atoms with Crippen LogP contribution in [-0.2, 0) is 17.1 Å². The van der Waals surface area contributed by atoms with Crippen molar-refractivity contribution in [2.45, 2.75) is 12.3 Å². The molecule has 3 aromatic rings. The van der Waals surface area contributed by atoms with Crippen LogP contribution in [0.1, 0.15) is 21.7 Å². The summed E-state index contributed by atoms with van der Waals surface area (Å²) in [6.45, 7) is 0.243. The summed E-state index contributed by atoms with van der Waals surface area (Å²) in [5.41, 5.74) is 1.11. The van der Waals surface area contributed by atoms with E-state index in [1.165, 1.54) is 30.2 Å². The van der Waals surface area contributed by atoms with Gasteiger partial charge in [0, 0.05) is 16.3 Å². The quantitative estimate of drug-likeness (QED) is 0.532. The van der Waals surface area contributed by atoms with Crippen LogP contribution in [0.4, 0.5) is 10.1 Å². The molecule has 0 fully saturated rings. The fourth-order valence-corrected chi connectivity index (χ4v) is 3.73. The van der Waals surface area contributed by atoms with Crippen LogP contribution in [0.3, 0.4) is 0 Å². The second-order valence-electron chi connectivity index (χ2n) is 6.05. The van der Waals surface area contributed by atoms with E-state index >= 15 is 0 Å². The summed E-state index contributed by atoms with van der Waals surface area (Å²) < 4.78 is 19.0. The Balaban J connectivity index is 1.55. The van der Waals surface area contributed by atoms with Crippen LogP contribution in [0, 0.1) is 5.82 Å². The van der Waals surface area contributed by atoms with Gasteiger partial charge >= 0.3 is 0 Å². The first kappa shape index (κ1) is 21.0. The van der Waals surface area contributed by atoms with Crippen LogP contribution in [0.5, 0.6) is 0 Å². The Morgan fingerprint density at radius 3 is 2.66 bits per heavy atom. The highest BCUT2D eigenvalue weighted by molar-refractivity contribution is 7.99. The first-order valence-electron chi connectivity index (χ1n) is 8.74. The van der Waals surface area contributed by atoms with E-state index in [4.69, 9.17) is 16.0 Å². The molecule has 0 aliphatic carbocycles. The van der Waals surface area contributed by atoms with Gasteiger partial charge in [0.1, 0.15) is 11.6 Å². The molecule has 0 saturated heterocycles. The highest BCUT2D eigenvalue weighted by atomic mass is 35.5. The minimum Gasteiger partial charge on any atom is -0.467 e. The van der Waals surface area contributed by atoms with Crippen LogP contribution >= 0.6 is 23.4 Å². The maximum atomic E-state index is 13.8. The first-order chi connectivity index (χ1) is 14.0. The van der Waals surface area contributed by atoms with Gasteiger partial charge in [-0.05, 0) is 36.4 Å². The number of anilines is 1. The van der Waals surface area contributed by atoms with Gasteiger partial charge in [-0.15, -0.1) is 11.8 Å². The van der Waals surface area contributed by atoms with Crippen LogP contribution < -0.4 is 10.6 Å². The monoisotopic (exact) mass is 432 g/mol. The van der Waals surface area contributed by atoms with Crippen molar-refractivity contribution in [1.82, 2.24) is 5.32 Å². The summed E-state index contributed by atoms with van der Waals surface area (Å²) in [5.74, 6) is -0.0408. The minimum absolute atomic E-state index is 0.0903. The number of amides is 2. The molecule has 1 aromatic heterocycles. The molecule has 8 heteroatoms. The number of hydrogen-bond donors (Lipinski definition) is 2. The van der Waals surface area contributed by atoms with E-state index in [2.05, 4.69) is 10.6 Å². The zero-order chi connectivity index (χ0) is 20.6. The average molecular weight is 433 g/mol. The number of rotatable bonds is 8. The molecule has 29 heavy (non-hydrogen) atoms. The Kier molecular flexibility index (Phi) is 7.32. The Labute approximate surface area is 176 Å². The standard InChI is InChI=1S/C21H18ClFN2O3S/c22-17-7-3-8-18(23)16(17)12-29-13-20(26)25-19-9-2-1-6-15(19)21(27)24-11-14-5-4-10-28-14/h1-10H,11-13H2,(H,24,27)(H,25,26). The summed E-state index contributed by atoms with van der Waals surface area (Å²) in [5, 5.41) is 5.81. The lowest BCUT2D eigenvalue weighted by atomic mass is 10.1. The predicted octanol–water partition coefficient (Wildman–Crippen LogP) is 4.87. The van der Waals surface area contributed by atoms with Crippen molar-refractivity contribution in [1.29, 1.82) is 0 Å².